The Hall–Kier alpha value is -1.48. The molecule has 2 aliphatic rings. The van der Waals surface area contributed by atoms with E-state index in [1.165, 1.54) is 27.7 Å². The molecular formula is C14H14N2S. The molecule has 0 radical (unpaired) electrons. The molecule has 1 unspecified atom stereocenters. The van der Waals surface area contributed by atoms with Gasteiger partial charge in [-0.15, -0.1) is 0 Å². The standard InChI is InChI=1S/C14H14N2S/c1-9-6-16-13-4-12-8-17-7-11(12)3-10(13)5-14(16)15(9)2/h3-4,6-8,14H,5H2,1-2H3. The fourth-order valence-corrected chi connectivity index (χ4v) is 3.69. The van der Waals surface area contributed by atoms with E-state index in [0.717, 1.165) is 6.42 Å². The SMILES string of the molecule is CC1=CN2c3cc4cscc4cc3CC2N1C. The molecule has 0 fully saturated rings. The zero-order chi connectivity index (χ0) is 11.6. The first-order valence-electron chi connectivity index (χ1n) is 5.92. The summed E-state index contributed by atoms with van der Waals surface area (Å²) in [6.07, 6.45) is 3.90. The maximum Gasteiger partial charge on any atom is 0.109 e. The van der Waals surface area contributed by atoms with Gasteiger partial charge in [-0.25, -0.2) is 0 Å². The van der Waals surface area contributed by atoms with E-state index in [0.29, 0.717) is 6.17 Å². The van der Waals surface area contributed by atoms with Crippen LogP contribution in [0.1, 0.15) is 12.5 Å². The van der Waals surface area contributed by atoms with E-state index in [4.69, 9.17) is 0 Å². The second-order valence-corrected chi connectivity index (χ2v) is 5.70. The van der Waals surface area contributed by atoms with E-state index in [9.17, 15) is 0 Å². The highest BCUT2D eigenvalue weighted by Crippen LogP contribution is 2.41. The summed E-state index contributed by atoms with van der Waals surface area (Å²) < 4.78 is 0. The topological polar surface area (TPSA) is 6.48 Å². The van der Waals surface area contributed by atoms with Crippen LogP contribution in [0.5, 0.6) is 0 Å². The van der Waals surface area contributed by atoms with Gasteiger partial charge in [0, 0.05) is 31.1 Å². The van der Waals surface area contributed by atoms with Crippen molar-refractivity contribution < 1.29 is 0 Å². The number of rotatable bonds is 0. The summed E-state index contributed by atoms with van der Waals surface area (Å²) >= 11 is 1.79. The molecule has 0 saturated heterocycles. The Balaban J connectivity index is 1.92. The number of hydrogen-bond acceptors (Lipinski definition) is 3. The van der Waals surface area contributed by atoms with E-state index < -0.39 is 0 Å². The molecule has 1 atom stereocenters. The van der Waals surface area contributed by atoms with Crippen LogP contribution in [0, 0.1) is 0 Å². The van der Waals surface area contributed by atoms with Crippen molar-refractivity contribution in [2.24, 2.45) is 0 Å². The zero-order valence-electron chi connectivity index (χ0n) is 9.97. The molecule has 17 heavy (non-hydrogen) atoms. The maximum absolute atomic E-state index is 2.42. The van der Waals surface area contributed by atoms with Gasteiger partial charge in [-0.1, -0.05) is 0 Å². The van der Waals surface area contributed by atoms with Gasteiger partial charge < -0.3 is 9.80 Å². The number of thiophene rings is 1. The third-order valence-electron chi connectivity index (χ3n) is 4.01. The van der Waals surface area contributed by atoms with Crippen LogP contribution in [0.15, 0.2) is 34.8 Å². The summed E-state index contributed by atoms with van der Waals surface area (Å²) in [6.45, 7) is 2.18. The maximum atomic E-state index is 2.42. The predicted octanol–water partition coefficient (Wildman–Crippen LogP) is 3.40. The number of benzene rings is 1. The minimum absolute atomic E-state index is 0.500. The van der Waals surface area contributed by atoms with Gasteiger partial charge in [0.25, 0.3) is 0 Å². The van der Waals surface area contributed by atoms with Crippen LogP contribution in [-0.4, -0.2) is 18.1 Å². The van der Waals surface area contributed by atoms with Crippen molar-refractivity contribution in [2.75, 3.05) is 11.9 Å². The number of nitrogens with zero attached hydrogens (tertiary/aromatic N) is 2. The molecule has 0 N–H and O–H groups in total. The van der Waals surface area contributed by atoms with E-state index >= 15 is 0 Å². The summed E-state index contributed by atoms with van der Waals surface area (Å²) in [4.78, 5) is 4.79. The molecule has 0 aliphatic carbocycles. The molecule has 3 heterocycles. The molecule has 0 saturated carbocycles. The third-order valence-corrected chi connectivity index (χ3v) is 4.79. The Morgan fingerprint density at radius 2 is 2.00 bits per heavy atom. The van der Waals surface area contributed by atoms with Crippen LogP contribution in [-0.2, 0) is 6.42 Å². The van der Waals surface area contributed by atoms with Gasteiger partial charge in [-0.2, -0.15) is 11.3 Å². The quantitative estimate of drug-likeness (QED) is 0.698. The first-order valence-corrected chi connectivity index (χ1v) is 6.87. The Morgan fingerprint density at radius 3 is 2.82 bits per heavy atom. The molecule has 1 aromatic carbocycles. The summed E-state index contributed by atoms with van der Waals surface area (Å²) in [7, 11) is 2.18. The summed E-state index contributed by atoms with van der Waals surface area (Å²) in [5, 5.41) is 7.23. The molecule has 4 rings (SSSR count). The Morgan fingerprint density at radius 1 is 1.24 bits per heavy atom. The highest BCUT2D eigenvalue weighted by Gasteiger charge is 2.35. The van der Waals surface area contributed by atoms with Crippen LogP contribution in [0.4, 0.5) is 5.69 Å². The van der Waals surface area contributed by atoms with Crippen molar-refractivity contribution in [3.8, 4) is 0 Å². The highest BCUT2D eigenvalue weighted by molar-refractivity contribution is 7.09. The smallest absolute Gasteiger partial charge is 0.109 e. The van der Waals surface area contributed by atoms with Crippen molar-refractivity contribution in [2.45, 2.75) is 19.5 Å². The fourth-order valence-electron chi connectivity index (χ4n) is 2.92. The Labute approximate surface area is 105 Å². The van der Waals surface area contributed by atoms with Gasteiger partial charge in [0.2, 0.25) is 0 Å². The lowest BCUT2D eigenvalue weighted by Gasteiger charge is -2.24. The largest absolute Gasteiger partial charge is 0.356 e. The molecule has 2 nitrogen and oxygen atoms in total. The third kappa shape index (κ3) is 1.15. The highest BCUT2D eigenvalue weighted by atomic mass is 32.1. The average molecular weight is 242 g/mol. The Bertz CT molecular complexity index is 641. The fraction of sp³-hybridized carbons (Fsp3) is 0.286. The van der Waals surface area contributed by atoms with Crippen molar-refractivity contribution in [3.05, 3.63) is 40.4 Å². The van der Waals surface area contributed by atoms with Crippen LogP contribution < -0.4 is 4.90 Å². The van der Waals surface area contributed by atoms with E-state index in [1.807, 2.05) is 0 Å². The van der Waals surface area contributed by atoms with Crippen molar-refractivity contribution in [1.29, 1.82) is 0 Å². The van der Waals surface area contributed by atoms with E-state index in [-0.39, 0.29) is 0 Å². The lowest BCUT2D eigenvalue weighted by molar-refractivity contribution is 0.344. The van der Waals surface area contributed by atoms with Crippen molar-refractivity contribution in [3.63, 3.8) is 0 Å². The molecule has 2 aromatic rings. The summed E-state index contributed by atoms with van der Waals surface area (Å²) in [6, 6.07) is 4.70. The van der Waals surface area contributed by atoms with Crippen LogP contribution >= 0.6 is 11.3 Å². The number of allylic oxidation sites excluding steroid dienone is 1. The number of likely N-dealkylation sites (N-methyl/N-ethyl adjacent to an activating group) is 1. The van der Waals surface area contributed by atoms with Gasteiger partial charge in [0.15, 0.2) is 0 Å². The molecule has 1 aromatic heterocycles. The first-order chi connectivity index (χ1) is 8.24. The minimum atomic E-state index is 0.500. The molecule has 0 amide bonds. The first kappa shape index (κ1) is 9.54. The number of anilines is 1. The predicted molar refractivity (Wildman–Crippen MR) is 73.3 cm³/mol. The normalized spacial score (nSPS) is 22.0. The van der Waals surface area contributed by atoms with Gasteiger partial charge in [0.05, 0.1) is 0 Å². The number of hydrogen-bond donors (Lipinski definition) is 0. The van der Waals surface area contributed by atoms with E-state index in [2.05, 4.69) is 52.9 Å². The number of fused-ring (bicyclic) bond motifs is 4. The van der Waals surface area contributed by atoms with Crippen LogP contribution in [0.25, 0.3) is 10.8 Å². The molecule has 3 heteroatoms. The summed E-state index contributed by atoms with van der Waals surface area (Å²) in [5.41, 5.74) is 4.23. The zero-order valence-corrected chi connectivity index (χ0v) is 10.8. The molecular weight excluding hydrogens is 228 g/mol. The van der Waals surface area contributed by atoms with Crippen molar-refractivity contribution in [1.82, 2.24) is 4.90 Å². The molecule has 0 bridgehead atoms. The molecule has 86 valence electrons. The van der Waals surface area contributed by atoms with E-state index in [1.54, 1.807) is 11.3 Å². The molecule has 0 spiro atoms. The van der Waals surface area contributed by atoms with Gasteiger partial charge in [-0.3, -0.25) is 0 Å². The van der Waals surface area contributed by atoms with Crippen LogP contribution in [0.2, 0.25) is 0 Å². The second-order valence-electron chi connectivity index (χ2n) is 4.96. The van der Waals surface area contributed by atoms with Gasteiger partial charge in [-0.05, 0) is 46.2 Å². The van der Waals surface area contributed by atoms with Crippen LogP contribution in [0.3, 0.4) is 0 Å². The van der Waals surface area contributed by atoms with Crippen molar-refractivity contribution >= 4 is 27.8 Å². The second kappa shape index (κ2) is 3.05. The summed E-state index contributed by atoms with van der Waals surface area (Å²) in [5.74, 6) is 0. The monoisotopic (exact) mass is 242 g/mol. The lowest BCUT2D eigenvalue weighted by atomic mass is 10.1. The Kier molecular flexibility index (Phi) is 1.71. The lowest BCUT2D eigenvalue weighted by Crippen LogP contribution is -2.34. The van der Waals surface area contributed by atoms with Gasteiger partial charge in [0.1, 0.15) is 6.17 Å². The molecule has 2 aliphatic heterocycles. The van der Waals surface area contributed by atoms with Gasteiger partial charge >= 0.3 is 0 Å². The average Bonchev–Trinajstić information content (AvgIpc) is 2.95. The minimum Gasteiger partial charge on any atom is -0.356 e.